The zero-order valence-electron chi connectivity index (χ0n) is 14.4. The zero-order valence-corrected chi connectivity index (χ0v) is 14.4. The topological polar surface area (TPSA) is 84.9 Å². The van der Waals surface area contributed by atoms with Gasteiger partial charge in [0.05, 0.1) is 24.5 Å². The summed E-state index contributed by atoms with van der Waals surface area (Å²) in [4.78, 5) is 23.5. The SMILES string of the molecule is CC[C@@H](C)Oc1ccc(C(=O)Nc2cc(C(=O)O)ccc2OC)cc1. The molecule has 2 N–H and O–H groups in total. The van der Waals surface area contributed by atoms with Gasteiger partial charge in [0.25, 0.3) is 5.91 Å². The van der Waals surface area contributed by atoms with Crippen LogP contribution in [0.25, 0.3) is 0 Å². The van der Waals surface area contributed by atoms with E-state index >= 15 is 0 Å². The Labute approximate surface area is 146 Å². The highest BCUT2D eigenvalue weighted by Gasteiger charge is 2.13. The Kier molecular flexibility index (Phi) is 6.00. The van der Waals surface area contributed by atoms with Gasteiger partial charge in [0.15, 0.2) is 0 Å². The molecule has 0 fully saturated rings. The fourth-order valence-corrected chi connectivity index (χ4v) is 2.13. The molecule has 6 nitrogen and oxygen atoms in total. The number of hydrogen-bond donors (Lipinski definition) is 2. The fraction of sp³-hybridized carbons (Fsp3) is 0.263. The third-order valence-corrected chi connectivity index (χ3v) is 3.72. The molecule has 1 atom stereocenters. The maximum atomic E-state index is 12.4. The zero-order chi connectivity index (χ0) is 18.4. The van der Waals surface area contributed by atoms with Gasteiger partial charge >= 0.3 is 5.97 Å². The minimum atomic E-state index is -1.08. The second-order valence-corrected chi connectivity index (χ2v) is 5.54. The van der Waals surface area contributed by atoms with Gasteiger partial charge in [-0.2, -0.15) is 0 Å². The summed E-state index contributed by atoms with van der Waals surface area (Å²) >= 11 is 0. The van der Waals surface area contributed by atoms with E-state index in [1.165, 1.54) is 25.3 Å². The molecule has 2 aromatic carbocycles. The Hall–Kier alpha value is -3.02. The van der Waals surface area contributed by atoms with Gasteiger partial charge in [0.2, 0.25) is 0 Å². The highest BCUT2D eigenvalue weighted by Crippen LogP contribution is 2.26. The Bertz CT molecular complexity index is 755. The van der Waals surface area contributed by atoms with Crippen LogP contribution in [0.15, 0.2) is 42.5 Å². The van der Waals surface area contributed by atoms with Crippen LogP contribution in [-0.2, 0) is 0 Å². The molecule has 2 rings (SSSR count). The molecule has 0 aliphatic carbocycles. The summed E-state index contributed by atoms with van der Waals surface area (Å²) in [5.74, 6) is -0.368. The summed E-state index contributed by atoms with van der Waals surface area (Å²) in [6, 6.07) is 11.0. The summed E-state index contributed by atoms with van der Waals surface area (Å²) in [7, 11) is 1.45. The average molecular weight is 343 g/mol. The Morgan fingerprint density at radius 3 is 2.32 bits per heavy atom. The molecular formula is C19H21NO5. The van der Waals surface area contributed by atoms with Crippen molar-refractivity contribution >= 4 is 17.6 Å². The number of benzene rings is 2. The largest absolute Gasteiger partial charge is 0.495 e. The van der Waals surface area contributed by atoms with Crippen molar-refractivity contribution in [2.75, 3.05) is 12.4 Å². The molecule has 0 radical (unpaired) electrons. The van der Waals surface area contributed by atoms with E-state index in [0.29, 0.717) is 22.7 Å². The highest BCUT2D eigenvalue weighted by molar-refractivity contribution is 6.05. The molecule has 0 saturated carbocycles. The molecule has 2 aromatic rings. The van der Waals surface area contributed by atoms with E-state index in [0.717, 1.165) is 6.42 Å². The van der Waals surface area contributed by atoms with Gasteiger partial charge in [-0.25, -0.2) is 4.79 Å². The molecule has 0 unspecified atom stereocenters. The van der Waals surface area contributed by atoms with Crippen LogP contribution in [0.1, 0.15) is 41.0 Å². The van der Waals surface area contributed by atoms with Crippen LogP contribution in [-0.4, -0.2) is 30.2 Å². The van der Waals surface area contributed by atoms with Gasteiger partial charge in [0, 0.05) is 5.56 Å². The summed E-state index contributed by atoms with van der Waals surface area (Å²) in [6.45, 7) is 4.01. The number of carbonyl (C=O) groups excluding carboxylic acids is 1. The van der Waals surface area contributed by atoms with Crippen LogP contribution in [0.2, 0.25) is 0 Å². The molecule has 0 spiro atoms. The van der Waals surface area contributed by atoms with E-state index < -0.39 is 5.97 Å². The van der Waals surface area contributed by atoms with Crippen LogP contribution >= 0.6 is 0 Å². The number of hydrogen-bond acceptors (Lipinski definition) is 4. The first kappa shape index (κ1) is 18.3. The molecule has 1 amide bonds. The van der Waals surface area contributed by atoms with Crippen molar-refractivity contribution in [3.63, 3.8) is 0 Å². The van der Waals surface area contributed by atoms with Crippen molar-refractivity contribution in [2.45, 2.75) is 26.4 Å². The molecule has 0 saturated heterocycles. The van der Waals surface area contributed by atoms with Gasteiger partial charge in [0.1, 0.15) is 11.5 Å². The second kappa shape index (κ2) is 8.19. The van der Waals surface area contributed by atoms with E-state index in [-0.39, 0.29) is 17.6 Å². The van der Waals surface area contributed by atoms with Crippen molar-refractivity contribution in [3.8, 4) is 11.5 Å². The average Bonchev–Trinajstić information content (AvgIpc) is 2.62. The predicted molar refractivity (Wildman–Crippen MR) is 94.7 cm³/mol. The molecule has 0 aliphatic heterocycles. The summed E-state index contributed by atoms with van der Waals surface area (Å²) < 4.78 is 10.8. The monoisotopic (exact) mass is 343 g/mol. The lowest BCUT2D eigenvalue weighted by atomic mass is 10.1. The summed E-state index contributed by atoms with van der Waals surface area (Å²) in [5.41, 5.74) is 0.792. The highest BCUT2D eigenvalue weighted by atomic mass is 16.5. The Balaban J connectivity index is 2.16. The normalized spacial score (nSPS) is 11.5. The number of rotatable bonds is 7. The fourth-order valence-electron chi connectivity index (χ4n) is 2.13. The number of aromatic carboxylic acids is 1. The van der Waals surface area contributed by atoms with Crippen molar-refractivity contribution in [1.82, 2.24) is 0 Å². The maximum absolute atomic E-state index is 12.4. The van der Waals surface area contributed by atoms with Gasteiger partial charge < -0.3 is 19.9 Å². The van der Waals surface area contributed by atoms with Crippen LogP contribution in [0.4, 0.5) is 5.69 Å². The Morgan fingerprint density at radius 2 is 1.76 bits per heavy atom. The minimum absolute atomic E-state index is 0.0633. The molecule has 0 heterocycles. The molecule has 0 aromatic heterocycles. The van der Waals surface area contributed by atoms with Gasteiger partial charge in [-0.15, -0.1) is 0 Å². The number of methoxy groups -OCH3 is 1. The first-order valence-electron chi connectivity index (χ1n) is 7.94. The molecule has 0 bridgehead atoms. The molecule has 25 heavy (non-hydrogen) atoms. The van der Waals surface area contributed by atoms with Crippen molar-refractivity contribution in [1.29, 1.82) is 0 Å². The lowest BCUT2D eigenvalue weighted by Gasteiger charge is -2.13. The van der Waals surface area contributed by atoms with E-state index in [2.05, 4.69) is 5.32 Å². The van der Waals surface area contributed by atoms with Gasteiger partial charge in [-0.3, -0.25) is 4.79 Å². The van der Waals surface area contributed by atoms with E-state index in [4.69, 9.17) is 14.6 Å². The smallest absolute Gasteiger partial charge is 0.335 e. The lowest BCUT2D eigenvalue weighted by molar-refractivity contribution is 0.0696. The first-order chi connectivity index (χ1) is 11.9. The number of carbonyl (C=O) groups is 2. The van der Waals surface area contributed by atoms with Crippen molar-refractivity contribution in [2.24, 2.45) is 0 Å². The predicted octanol–water partition coefficient (Wildman–Crippen LogP) is 3.82. The van der Waals surface area contributed by atoms with Gasteiger partial charge in [-0.05, 0) is 55.8 Å². The third kappa shape index (κ3) is 4.73. The van der Waals surface area contributed by atoms with Crippen LogP contribution in [0.3, 0.4) is 0 Å². The van der Waals surface area contributed by atoms with Crippen molar-refractivity contribution < 1.29 is 24.2 Å². The number of nitrogens with one attached hydrogen (secondary N) is 1. The lowest BCUT2D eigenvalue weighted by Crippen LogP contribution is -2.14. The second-order valence-electron chi connectivity index (χ2n) is 5.54. The van der Waals surface area contributed by atoms with Crippen molar-refractivity contribution in [3.05, 3.63) is 53.6 Å². The number of carboxylic acid groups (broad SMARTS) is 1. The standard InChI is InChI=1S/C19H21NO5/c1-4-12(2)25-15-8-5-13(6-9-15)18(21)20-16-11-14(19(22)23)7-10-17(16)24-3/h5-12H,4H2,1-3H3,(H,20,21)(H,22,23)/t12-/m1/s1. The third-order valence-electron chi connectivity index (χ3n) is 3.72. The number of ether oxygens (including phenoxy) is 2. The maximum Gasteiger partial charge on any atom is 0.335 e. The van der Waals surface area contributed by atoms with E-state index in [9.17, 15) is 9.59 Å². The number of amides is 1. The molecule has 6 heteroatoms. The van der Waals surface area contributed by atoms with Crippen LogP contribution < -0.4 is 14.8 Å². The first-order valence-corrected chi connectivity index (χ1v) is 7.94. The van der Waals surface area contributed by atoms with E-state index in [1.54, 1.807) is 24.3 Å². The van der Waals surface area contributed by atoms with Crippen LogP contribution in [0, 0.1) is 0 Å². The molecular weight excluding hydrogens is 322 g/mol. The number of carboxylic acids is 1. The summed E-state index contributed by atoms with van der Waals surface area (Å²) in [5, 5.41) is 11.8. The van der Waals surface area contributed by atoms with Gasteiger partial charge in [-0.1, -0.05) is 6.92 Å². The van der Waals surface area contributed by atoms with E-state index in [1.807, 2.05) is 13.8 Å². The quantitative estimate of drug-likeness (QED) is 0.798. The summed E-state index contributed by atoms with van der Waals surface area (Å²) in [6.07, 6.45) is 0.991. The molecule has 132 valence electrons. The molecule has 0 aliphatic rings. The Morgan fingerprint density at radius 1 is 1.12 bits per heavy atom. The minimum Gasteiger partial charge on any atom is -0.495 e. The number of anilines is 1. The van der Waals surface area contributed by atoms with Crippen LogP contribution in [0.5, 0.6) is 11.5 Å².